The molecule has 12 heteroatoms. The van der Waals surface area contributed by atoms with E-state index in [1.165, 1.54) is 23.7 Å². The van der Waals surface area contributed by atoms with Gasteiger partial charge >= 0.3 is 0 Å². The zero-order chi connectivity index (χ0) is 21.6. The summed E-state index contributed by atoms with van der Waals surface area (Å²) in [4.78, 5) is 15.1. The number of nitrogens with one attached hydrogen (secondary N) is 1. The van der Waals surface area contributed by atoms with Crippen molar-refractivity contribution in [2.75, 3.05) is 18.8 Å². The second-order valence-electron chi connectivity index (χ2n) is 7.21. The Hall–Kier alpha value is -3.31. The van der Waals surface area contributed by atoms with Gasteiger partial charge in [0.2, 0.25) is 11.6 Å². The minimum atomic E-state index is -0.496. The van der Waals surface area contributed by atoms with Crippen molar-refractivity contribution in [3.63, 3.8) is 0 Å². The molecule has 0 unspecified atom stereocenters. The number of anilines is 1. The highest BCUT2D eigenvalue weighted by molar-refractivity contribution is 6.30. The molecule has 2 aromatic heterocycles. The van der Waals surface area contributed by atoms with Crippen LogP contribution in [0.15, 0.2) is 34.0 Å². The van der Waals surface area contributed by atoms with Crippen molar-refractivity contribution in [1.82, 2.24) is 35.6 Å². The van der Waals surface area contributed by atoms with Crippen LogP contribution in [-0.4, -0.2) is 55.4 Å². The van der Waals surface area contributed by atoms with Crippen molar-refractivity contribution in [3.8, 4) is 5.82 Å². The number of aromatic nitrogens is 5. The maximum Gasteiger partial charge on any atom is 0.293 e. The van der Waals surface area contributed by atoms with Gasteiger partial charge in [-0.05, 0) is 53.9 Å². The number of nitrogens with zero attached hydrogens (tertiary/aromatic N) is 7. The molecule has 1 aliphatic heterocycles. The van der Waals surface area contributed by atoms with E-state index in [-0.39, 0.29) is 17.3 Å². The largest absolute Gasteiger partial charge is 0.378 e. The van der Waals surface area contributed by atoms with E-state index in [1.807, 2.05) is 6.07 Å². The van der Waals surface area contributed by atoms with E-state index in [1.54, 1.807) is 18.2 Å². The van der Waals surface area contributed by atoms with Crippen LogP contribution in [0, 0.1) is 0 Å². The maximum absolute atomic E-state index is 12.8. The van der Waals surface area contributed by atoms with E-state index in [9.17, 15) is 4.79 Å². The van der Waals surface area contributed by atoms with Crippen LogP contribution >= 0.6 is 11.6 Å². The number of hydrazone groups is 1. The van der Waals surface area contributed by atoms with Gasteiger partial charge in [0.15, 0.2) is 5.69 Å². The van der Waals surface area contributed by atoms with Crippen molar-refractivity contribution in [2.24, 2.45) is 5.10 Å². The van der Waals surface area contributed by atoms with Gasteiger partial charge in [0.1, 0.15) is 0 Å². The van der Waals surface area contributed by atoms with E-state index in [0.29, 0.717) is 17.3 Å². The summed E-state index contributed by atoms with van der Waals surface area (Å²) in [6.45, 7) is 2.30. The molecule has 4 rings (SSSR count). The van der Waals surface area contributed by atoms with Crippen molar-refractivity contribution in [2.45, 2.75) is 32.2 Å². The second kappa shape index (κ2) is 9.67. The van der Waals surface area contributed by atoms with Crippen LogP contribution < -0.4 is 11.2 Å². The summed E-state index contributed by atoms with van der Waals surface area (Å²) < 4.78 is 6.09. The van der Waals surface area contributed by atoms with E-state index in [4.69, 9.17) is 22.0 Å². The Morgan fingerprint density at radius 2 is 2.06 bits per heavy atom. The Bertz CT molecular complexity index is 1070. The summed E-state index contributed by atoms with van der Waals surface area (Å²) in [5.74, 6) is -0.240. The van der Waals surface area contributed by atoms with Crippen LogP contribution in [0.4, 0.5) is 5.82 Å². The molecule has 0 atom stereocenters. The third-order valence-corrected chi connectivity index (χ3v) is 5.21. The Labute approximate surface area is 183 Å². The zero-order valence-electron chi connectivity index (χ0n) is 16.7. The predicted octanol–water partition coefficient (Wildman–Crippen LogP) is 2.03. The molecule has 1 aromatic carbocycles. The molecule has 11 nitrogen and oxygen atoms in total. The highest BCUT2D eigenvalue weighted by Gasteiger charge is 2.25. The second-order valence-corrected chi connectivity index (χ2v) is 7.65. The highest BCUT2D eigenvalue weighted by atomic mass is 35.5. The topological polar surface area (TPSA) is 140 Å². The molecule has 1 aliphatic rings. The number of nitrogen functional groups attached to an aromatic ring is 1. The molecule has 3 aromatic rings. The molecule has 3 N–H and O–H groups in total. The summed E-state index contributed by atoms with van der Waals surface area (Å²) in [6.07, 6.45) is 6.09. The molecule has 1 saturated heterocycles. The minimum absolute atomic E-state index is 0.0629. The third-order valence-electron chi connectivity index (χ3n) is 4.97. The van der Waals surface area contributed by atoms with Crippen LogP contribution in [0.25, 0.3) is 5.82 Å². The first-order valence-corrected chi connectivity index (χ1v) is 10.3. The van der Waals surface area contributed by atoms with Gasteiger partial charge in [0, 0.05) is 11.6 Å². The highest BCUT2D eigenvalue weighted by Crippen LogP contribution is 2.19. The number of rotatable bonds is 6. The van der Waals surface area contributed by atoms with Gasteiger partial charge in [-0.25, -0.2) is 10.1 Å². The molecule has 0 bridgehead atoms. The standard InChI is InChI=1S/C19H22ClN9O2/c20-14-7-5-6-13(10-14)11-22-24-19(30)16-15(12-28-8-3-1-2-4-9-28)29(27-23-16)18-17(21)25-31-26-18/h5-7,10-11H,1-4,8-9,12H2,(H2,21,25)(H,24,30)/b22-11+. The van der Waals surface area contributed by atoms with Gasteiger partial charge in [-0.15, -0.1) is 5.10 Å². The Morgan fingerprint density at radius 3 is 2.77 bits per heavy atom. The van der Waals surface area contributed by atoms with Gasteiger partial charge in [-0.2, -0.15) is 9.78 Å². The molecule has 0 aliphatic carbocycles. The lowest BCUT2D eigenvalue weighted by molar-refractivity contribution is 0.0948. The lowest BCUT2D eigenvalue weighted by Gasteiger charge is -2.20. The lowest BCUT2D eigenvalue weighted by atomic mass is 10.2. The Kier molecular flexibility index (Phi) is 6.53. The molecular formula is C19H22ClN9O2. The number of carbonyl (C=O) groups is 1. The van der Waals surface area contributed by atoms with Gasteiger partial charge in [-0.3, -0.25) is 9.69 Å². The van der Waals surface area contributed by atoms with Crippen LogP contribution in [0.2, 0.25) is 5.02 Å². The van der Waals surface area contributed by atoms with Crippen molar-refractivity contribution >= 4 is 29.5 Å². The monoisotopic (exact) mass is 443 g/mol. The van der Waals surface area contributed by atoms with E-state index in [0.717, 1.165) is 31.5 Å². The minimum Gasteiger partial charge on any atom is -0.378 e. The molecule has 0 spiro atoms. The Morgan fingerprint density at radius 1 is 1.26 bits per heavy atom. The predicted molar refractivity (Wildman–Crippen MR) is 114 cm³/mol. The van der Waals surface area contributed by atoms with Gasteiger partial charge in [0.05, 0.1) is 11.9 Å². The lowest BCUT2D eigenvalue weighted by Crippen LogP contribution is -2.28. The smallest absolute Gasteiger partial charge is 0.293 e. The average molecular weight is 444 g/mol. The summed E-state index contributed by atoms with van der Waals surface area (Å²) in [7, 11) is 0. The summed E-state index contributed by atoms with van der Waals surface area (Å²) in [5.41, 5.74) is 9.76. The Balaban J connectivity index is 1.57. The van der Waals surface area contributed by atoms with Gasteiger partial charge in [-0.1, -0.05) is 41.8 Å². The fraction of sp³-hybridized carbons (Fsp3) is 0.368. The number of hydrogen-bond acceptors (Lipinski definition) is 9. The van der Waals surface area contributed by atoms with E-state index >= 15 is 0 Å². The zero-order valence-corrected chi connectivity index (χ0v) is 17.5. The quantitative estimate of drug-likeness (QED) is 0.435. The molecule has 0 saturated carbocycles. The normalized spacial score (nSPS) is 15.3. The molecule has 3 heterocycles. The fourth-order valence-corrected chi connectivity index (χ4v) is 3.64. The number of likely N-dealkylation sites (tertiary alicyclic amines) is 1. The molecule has 31 heavy (non-hydrogen) atoms. The number of nitrogens with two attached hydrogens (primary N) is 1. The van der Waals surface area contributed by atoms with E-state index < -0.39 is 5.91 Å². The molecule has 1 fully saturated rings. The van der Waals surface area contributed by atoms with Gasteiger partial charge in [0.25, 0.3) is 5.91 Å². The first-order valence-electron chi connectivity index (χ1n) is 9.96. The van der Waals surface area contributed by atoms with Crippen molar-refractivity contribution in [1.29, 1.82) is 0 Å². The van der Waals surface area contributed by atoms with Crippen molar-refractivity contribution in [3.05, 3.63) is 46.2 Å². The molecular weight excluding hydrogens is 422 g/mol. The van der Waals surface area contributed by atoms with Crippen LogP contribution in [-0.2, 0) is 6.54 Å². The van der Waals surface area contributed by atoms with Crippen LogP contribution in [0.3, 0.4) is 0 Å². The molecule has 1 amide bonds. The van der Waals surface area contributed by atoms with E-state index in [2.05, 4.69) is 36.1 Å². The first kappa shape index (κ1) is 20.9. The van der Waals surface area contributed by atoms with Crippen LogP contribution in [0.1, 0.15) is 47.4 Å². The summed E-state index contributed by atoms with van der Waals surface area (Å²) >= 11 is 5.97. The molecule has 162 valence electrons. The number of hydrogen-bond donors (Lipinski definition) is 2. The summed E-state index contributed by atoms with van der Waals surface area (Å²) in [6, 6.07) is 7.11. The average Bonchev–Trinajstić information content (AvgIpc) is 3.26. The number of benzene rings is 1. The molecule has 0 radical (unpaired) electrons. The number of carbonyl (C=O) groups excluding carboxylic acids is 1. The first-order chi connectivity index (χ1) is 15.1. The fourth-order valence-electron chi connectivity index (χ4n) is 3.44. The number of halogens is 1. The summed E-state index contributed by atoms with van der Waals surface area (Å²) in [5, 5.41) is 20.1. The SMILES string of the molecule is Nc1nonc1-n1nnc(C(=O)N/N=C/c2cccc(Cl)c2)c1CN1CCCCCC1. The van der Waals surface area contributed by atoms with Crippen LogP contribution in [0.5, 0.6) is 0 Å². The maximum atomic E-state index is 12.8. The third kappa shape index (κ3) is 5.06. The van der Waals surface area contributed by atoms with Crippen molar-refractivity contribution < 1.29 is 9.42 Å². The number of amides is 1. The van der Waals surface area contributed by atoms with Gasteiger partial charge < -0.3 is 5.73 Å².